The molecule has 118 valence electrons. The predicted octanol–water partition coefficient (Wildman–Crippen LogP) is 2.35. The van der Waals surface area contributed by atoms with Gasteiger partial charge in [0.05, 0.1) is 7.11 Å². The van der Waals surface area contributed by atoms with Gasteiger partial charge in [-0.05, 0) is 35.9 Å². The fourth-order valence-corrected chi connectivity index (χ4v) is 2.37. The molecule has 0 spiro atoms. The van der Waals surface area contributed by atoms with Gasteiger partial charge in [-0.1, -0.05) is 6.07 Å². The largest absolute Gasteiger partial charge is 0.494 e. The van der Waals surface area contributed by atoms with E-state index in [1.807, 2.05) is 16.8 Å². The van der Waals surface area contributed by atoms with Crippen LogP contribution in [-0.2, 0) is 6.54 Å². The van der Waals surface area contributed by atoms with Gasteiger partial charge >= 0.3 is 0 Å². The summed E-state index contributed by atoms with van der Waals surface area (Å²) in [5.41, 5.74) is 3.09. The number of aromatic nitrogens is 2. The summed E-state index contributed by atoms with van der Waals surface area (Å²) in [5.74, 6) is -0.927. The van der Waals surface area contributed by atoms with Crippen molar-refractivity contribution in [1.82, 2.24) is 15.0 Å². The molecule has 7 heteroatoms. The second kappa shape index (κ2) is 6.05. The predicted molar refractivity (Wildman–Crippen MR) is 81.0 cm³/mol. The van der Waals surface area contributed by atoms with Crippen LogP contribution in [0.1, 0.15) is 16.1 Å². The highest BCUT2D eigenvalue weighted by Gasteiger charge is 2.11. The molecule has 0 bridgehead atoms. The first-order valence-electron chi connectivity index (χ1n) is 6.85. The number of hydrogen-bond donors (Lipinski definition) is 2. The Bertz CT molecular complexity index is 876. The smallest absolute Gasteiger partial charge is 0.293 e. The maximum absolute atomic E-state index is 13.5. The van der Waals surface area contributed by atoms with Gasteiger partial charge in [-0.15, -0.1) is 0 Å². The van der Waals surface area contributed by atoms with Gasteiger partial charge in [-0.25, -0.2) is 14.9 Å². The Morgan fingerprint density at radius 2 is 2.17 bits per heavy atom. The van der Waals surface area contributed by atoms with Crippen molar-refractivity contribution in [2.75, 3.05) is 7.11 Å². The molecule has 2 heterocycles. The average Bonchev–Trinajstić information content (AvgIpc) is 2.98. The molecule has 0 saturated heterocycles. The third-order valence-corrected chi connectivity index (χ3v) is 3.51. The maximum Gasteiger partial charge on any atom is 0.293 e. The zero-order valence-electron chi connectivity index (χ0n) is 12.3. The van der Waals surface area contributed by atoms with Gasteiger partial charge in [0.1, 0.15) is 11.3 Å². The second-order valence-corrected chi connectivity index (χ2v) is 4.96. The summed E-state index contributed by atoms with van der Waals surface area (Å²) in [6.45, 7) is 0.442. The molecule has 0 unspecified atom stereocenters. The van der Waals surface area contributed by atoms with E-state index in [2.05, 4.69) is 4.98 Å². The summed E-state index contributed by atoms with van der Waals surface area (Å²) in [4.78, 5) is 15.7. The van der Waals surface area contributed by atoms with Crippen LogP contribution in [0, 0.1) is 5.82 Å². The Morgan fingerprint density at radius 3 is 2.91 bits per heavy atom. The second-order valence-electron chi connectivity index (χ2n) is 4.96. The first kappa shape index (κ1) is 15.0. The van der Waals surface area contributed by atoms with E-state index in [4.69, 9.17) is 9.94 Å². The number of fused-ring (bicyclic) bond motifs is 1. The molecule has 1 aromatic carbocycles. The van der Waals surface area contributed by atoms with Gasteiger partial charge in [0, 0.05) is 18.1 Å². The van der Waals surface area contributed by atoms with E-state index in [0.29, 0.717) is 12.2 Å². The van der Waals surface area contributed by atoms with E-state index in [0.717, 1.165) is 10.9 Å². The Morgan fingerprint density at radius 1 is 1.35 bits per heavy atom. The third kappa shape index (κ3) is 2.86. The summed E-state index contributed by atoms with van der Waals surface area (Å²) in [7, 11) is 1.41. The van der Waals surface area contributed by atoms with Crippen molar-refractivity contribution in [2.45, 2.75) is 6.54 Å². The van der Waals surface area contributed by atoms with E-state index < -0.39 is 11.7 Å². The SMILES string of the molecule is COc1cc(Cn2ccc3ccc(C(=O)NO)nc32)ccc1F. The number of amides is 1. The number of nitrogens with one attached hydrogen (secondary N) is 1. The maximum atomic E-state index is 13.5. The first-order valence-corrected chi connectivity index (χ1v) is 6.85. The lowest BCUT2D eigenvalue weighted by atomic mass is 10.2. The molecule has 0 radical (unpaired) electrons. The van der Waals surface area contributed by atoms with Gasteiger partial charge < -0.3 is 9.30 Å². The van der Waals surface area contributed by atoms with Crippen molar-refractivity contribution in [2.24, 2.45) is 0 Å². The number of ether oxygens (including phenoxy) is 1. The molecule has 0 saturated carbocycles. The van der Waals surface area contributed by atoms with Crippen LogP contribution >= 0.6 is 0 Å². The van der Waals surface area contributed by atoms with Crippen LogP contribution in [0.5, 0.6) is 5.75 Å². The summed E-state index contributed by atoms with van der Waals surface area (Å²) in [6.07, 6.45) is 1.83. The lowest BCUT2D eigenvalue weighted by molar-refractivity contribution is 0.0701. The molecular formula is C16H14FN3O3. The molecule has 2 aromatic heterocycles. The van der Waals surface area contributed by atoms with Gasteiger partial charge in [-0.2, -0.15) is 0 Å². The number of benzene rings is 1. The topological polar surface area (TPSA) is 76.4 Å². The summed E-state index contributed by atoms with van der Waals surface area (Å²) in [5, 5.41) is 9.56. The number of pyridine rings is 1. The van der Waals surface area contributed by atoms with Crippen LogP contribution in [0.15, 0.2) is 42.6 Å². The summed E-state index contributed by atoms with van der Waals surface area (Å²) in [6, 6.07) is 9.76. The van der Waals surface area contributed by atoms with E-state index in [1.165, 1.54) is 19.2 Å². The van der Waals surface area contributed by atoms with Crippen molar-refractivity contribution in [1.29, 1.82) is 0 Å². The van der Waals surface area contributed by atoms with Gasteiger partial charge in [0.15, 0.2) is 11.6 Å². The molecule has 0 atom stereocenters. The van der Waals surface area contributed by atoms with Crippen LogP contribution in [0.25, 0.3) is 11.0 Å². The number of nitrogens with zero attached hydrogens (tertiary/aromatic N) is 2. The zero-order chi connectivity index (χ0) is 16.4. The highest BCUT2D eigenvalue weighted by Crippen LogP contribution is 2.21. The number of methoxy groups -OCH3 is 1. The number of rotatable bonds is 4. The van der Waals surface area contributed by atoms with E-state index in [-0.39, 0.29) is 11.4 Å². The molecule has 0 fully saturated rings. The van der Waals surface area contributed by atoms with Crippen LogP contribution in [0.2, 0.25) is 0 Å². The van der Waals surface area contributed by atoms with Crippen LogP contribution in [0.3, 0.4) is 0 Å². The van der Waals surface area contributed by atoms with Gasteiger partial charge in [0.25, 0.3) is 5.91 Å². The fourth-order valence-electron chi connectivity index (χ4n) is 2.37. The lowest BCUT2D eigenvalue weighted by Gasteiger charge is -2.08. The Kier molecular flexibility index (Phi) is 3.94. The molecule has 1 amide bonds. The summed E-state index contributed by atoms with van der Waals surface area (Å²) < 4.78 is 20.3. The lowest BCUT2D eigenvalue weighted by Crippen LogP contribution is -2.20. The summed E-state index contributed by atoms with van der Waals surface area (Å²) >= 11 is 0. The minimum Gasteiger partial charge on any atom is -0.494 e. The molecule has 0 aliphatic carbocycles. The zero-order valence-corrected chi connectivity index (χ0v) is 12.3. The molecule has 3 aromatic rings. The van der Waals surface area contributed by atoms with Crippen LogP contribution in [0.4, 0.5) is 4.39 Å². The highest BCUT2D eigenvalue weighted by molar-refractivity contribution is 5.93. The molecule has 0 aliphatic rings. The first-order chi connectivity index (χ1) is 11.1. The molecular weight excluding hydrogens is 301 g/mol. The Hall–Kier alpha value is -2.93. The number of halogens is 1. The van der Waals surface area contributed by atoms with Crippen molar-refractivity contribution in [3.05, 3.63) is 59.7 Å². The van der Waals surface area contributed by atoms with Gasteiger partial charge in [-0.3, -0.25) is 10.0 Å². The van der Waals surface area contributed by atoms with Crippen molar-refractivity contribution in [3.8, 4) is 5.75 Å². The molecule has 23 heavy (non-hydrogen) atoms. The molecule has 3 rings (SSSR count). The number of carbonyl (C=O) groups excluding carboxylic acids is 1. The fraction of sp³-hybridized carbons (Fsp3) is 0.125. The average molecular weight is 315 g/mol. The van der Waals surface area contributed by atoms with E-state index in [9.17, 15) is 9.18 Å². The Labute approximate surface area is 131 Å². The minimum atomic E-state index is -0.678. The minimum absolute atomic E-state index is 0.108. The van der Waals surface area contributed by atoms with Crippen LogP contribution < -0.4 is 10.2 Å². The number of hydrogen-bond acceptors (Lipinski definition) is 4. The third-order valence-electron chi connectivity index (χ3n) is 3.51. The number of hydroxylamine groups is 1. The quantitative estimate of drug-likeness (QED) is 0.572. The standard InChI is InChI=1S/C16H14FN3O3/c1-23-14-8-10(2-4-12(14)17)9-20-7-6-11-3-5-13(16(21)19-22)18-15(11)20/h2-8,22H,9H2,1H3,(H,19,21). The molecule has 6 nitrogen and oxygen atoms in total. The normalized spacial score (nSPS) is 10.7. The van der Waals surface area contributed by atoms with E-state index >= 15 is 0 Å². The number of carbonyl (C=O) groups is 1. The van der Waals surface area contributed by atoms with Crippen molar-refractivity contribution in [3.63, 3.8) is 0 Å². The molecule has 0 aliphatic heterocycles. The van der Waals surface area contributed by atoms with E-state index in [1.54, 1.807) is 23.7 Å². The highest BCUT2D eigenvalue weighted by atomic mass is 19.1. The van der Waals surface area contributed by atoms with Crippen molar-refractivity contribution < 1.29 is 19.1 Å². The Balaban J connectivity index is 1.98. The van der Waals surface area contributed by atoms with Crippen LogP contribution in [-0.4, -0.2) is 27.8 Å². The molecule has 2 N–H and O–H groups in total. The van der Waals surface area contributed by atoms with Gasteiger partial charge in [0.2, 0.25) is 0 Å². The monoisotopic (exact) mass is 315 g/mol. The van der Waals surface area contributed by atoms with Crippen molar-refractivity contribution >= 4 is 16.9 Å².